The number of likely N-dealkylation sites (tertiary alicyclic amines) is 1. The zero-order valence-electron chi connectivity index (χ0n) is 13.2. The molecule has 21 heavy (non-hydrogen) atoms. The third-order valence-corrected chi connectivity index (χ3v) is 5.61. The van der Waals surface area contributed by atoms with Gasteiger partial charge in [0.15, 0.2) is 0 Å². The Bertz CT molecular complexity index is 378. The van der Waals surface area contributed by atoms with Crippen LogP contribution in [0, 0.1) is 11.8 Å². The molecule has 1 N–H and O–H groups in total. The van der Waals surface area contributed by atoms with Crippen molar-refractivity contribution in [1.82, 2.24) is 4.90 Å². The molecular weight excluding hydrogens is 266 g/mol. The third-order valence-electron chi connectivity index (χ3n) is 5.61. The highest BCUT2D eigenvalue weighted by Crippen LogP contribution is 2.40. The maximum Gasteiger partial charge on any atom is 0.248 e. The summed E-state index contributed by atoms with van der Waals surface area (Å²) in [6.07, 6.45) is 8.81. The molecule has 0 bridgehead atoms. The fourth-order valence-electron chi connectivity index (χ4n) is 4.15. The van der Waals surface area contributed by atoms with Gasteiger partial charge in [-0.05, 0) is 51.4 Å². The second-order valence-corrected chi connectivity index (χ2v) is 7.46. The monoisotopic (exact) mass is 295 g/mol. The molecule has 1 saturated heterocycles. The number of carbonyl (C=O) groups excluding carboxylic acids is 1. The van der Waals surface area contributed by atoms with Crippen LogP contribution in [0.1, 0.15) is 58.3 Å². The Labute approximate surface area is 127 Å². The van der Waals surface area contributed by atoms with Gasteiger partial charge in [0, 0.05) is 18.5 Å². The second-order valence-electron chi connectivity index (χ2n) is 7.46. The van der Waals surface area contributed by atoms with Crippen LogP contribution in [-0.4, -0.2) is 47.3 Å². The Hall–Kier alpha value is -0.610. The number of ether oxygens (including phenoxy) is 1. The molecule has 0 unspecified atom stereocenters. The molecule has 4 heteroatoms. The molecule has 3 aliphatic rings. The van der Waals surface area contributed by atoms with Crippen molar-refractivity contribution in [2.24, 2.45) is 11.8 Å². The fraction of sp³-hybridized carbons (Fsp3) is 0.941. The predicted molar refractivity (Wildman–Crippen MR) is 80.9 cm³/mol. The average Bonchev–Trinajstić information content (AvgIpc) is 3.13. The van der Waals surface area contributed by atoms with Gasteiger partial charge in [-0.1, -0.05) is 12.8 Å². The highest BCUT2D eigenvalue weighted by atomic mass is 16.5. The Morgan fingerprint density at radius 3 is 2.76 bits per heavy atom. The molecule has 1 aliphatic heterocycles. The topological polar surface area (TPSA) is 49.8 Å². The zero-order valence-corrected chi connectivity index (χ0v) is 13.2. The smallest absolute Gasteiger partial charge is 0.248 e. The maximum absolute atomic E-state index is 12.4. The van der Waals surface area contributed by atoms with E-state index in [-0.39, 0.29) is 24.5 Å². The Morgan fingerprint density at radius 1 is 1.24 bits per heavy atom. The number of carbonyl (C=O) groups is 1. The fourth-order valence-corrected chi connectivity index (χ4v) is 4.15. The number of amides is 1. The third kappa shape index (κ3) is 3.59. The SMILES string of the molecule is C[C@]1(O)CCCC[C@H]1[C@H]1CCCN1C(=O)COCC1CC1. The molecule has 3 rings (SSSR count). The Morgan fingerprint density at radius 2 is 2.05 bits per heavy atom. The maximum atomic E-state index is 12.4. The molecule has 3 fully saturated rings. The number of hydrogen-bond donors (Lipinski definition) is 1. The summed E-state index contributed by atoms with van der Waals surface area (Å²) in [5, 5.41) is 10.7. The number of rotatable bonds is 5. The molecule has 0 aromatic rings. The van der Waals surface area contributed by atoms with Crippen LogP contribution >= 0.6 is 0 Å². The number of aliphatic hydroxyl groups is 1. The van der Waals surface area contributed by atoms with E-state index in [1.807, 2.05) is 11.8 Å². The van der Waals surface area contributed by atoms with Gasteiger partial charge in [-0.2, -0.15) is 0 Å². The van der Waals surface area contributed by atoms with Gasteiger partial charge in [0.1, 0.15) is 6.61 Å². The lowest BCUT2D eigenvalue weighted by Crippen LogP contribution is -2.51. The highest BCUT2D eigenvalue weighted by molar-refractivity contribution is 5.78. The molecule has 0 radical (unpaired) electrons. The van der Waals surface area contributed by atoms with Crippen LogP contribution in [0.5, 0.6) is 0 Å². The van der Waals surface area contributed by atoms with E-state index < -0.39 is 5.60 Å². The van der Waals surface area contributed by atoms with Crippen LogP contribution in [0.15, 0.2) is 0 Å². The summed E-state index contributed by atoms with van der Waals surface area (Å²) < 4.78 is 5.57. The van der Waals surface area contributed by atoms with Crippen molar-refractivity contribution in [2.75, 3.05) is 19.8 Å². The van der Waals surface area contributed by atoms with Gasteiger partial charge in [-0.25, -0.2) is 0 Å². The average molecular weight is 295 g/mol. The van der Waals surface area contributed by atoms with Gasteiger partial charge in [-0.15, -0.1) is 0 Å². The quantitative estimate of drug-likeness (QED) is 0.847. The van der Waals surface area contributed by atoms with Gasteiger partial charge in [0.2, 0.25) is 5.91 Å². The lowest BCUT2D eigenvalue weighted by Gasteiger charge is -2.43. The van der Waals surface area contributed by atoms with E-state index in [9.17, 15) is 9.90 Å². The van der Waals surface area contributed by atoms with E-state index in [0.717, 1.165) is 45.3 Å². The number of hydrogen-bond acceptors (Lipinski definition) is 3. The molecule has 0 aromatic heterocycles. The standard InChI is InChI=1S/C17H29NO3/c1-17(20)9-3-2-5-14(17)15-6-4-10-18(15)16(19)12-21-11-13-7-8-13/h13-15,20H,2-12H2,1H3/t14-,15+,17-/m0/s1. The summed E-state index contributed by atoms with van der Waals surface area (Å²) >= 11 is 0. The zero-order chi connectivity index (χ0) is 14.9. The Kier molecular flexibility index (Phi) is 4.55. The van der Waals surface area contributed by atoms with Crippen LogP contribution in [0.4, 0.5) is 0 Å². The number of nitrogens with zero attached hydrogens (tertiary/aromatic N) is 1. The summed E-state index contributed by atoms with van der Waals surface area (Å²) in [6, 6.07) is 0.220. The largest absolute Gasteiger partial charge is 0.390 e. The molecule has 3 atom stereocenters. The summed E-state index contributed by atoms with van der Waals surface area (Å²) in [5.74, 6) is 1.06. The first-order chi connectivity index (χ1) is 10.1. The van der Waals surface area contributed by atoms with Crippen molar-refractivity contribution >= 4 is 5.91 Å². The second kappa shape index (κ2) is 6.25. The van der Waals surface area contributed by atoms with E-state index in [1.165, 1.54) is 19.3 Å². The van der Waals surface area contributed by atoms with Gasteiger partial charge in [-0.3, -0.25) is 4.79 Å². The van der Waals surface area contributed by atoms with Crippen molar-refractivity contribution in [2.45, 2.75) is 69.9 Å². The van der Waals surface area contributed by atoms with Crippen LogP contribution in [0.25, 0.3) is 0 Å². The molecule has 1 heterocycles. The summed E-state index contributed by atoms with van der Waals surface area (Å²) in [5.41, 5.74) is -0.610. The minimum absolute atomic E-state index is 0.125. The van der Waals surface area contributed by atoms with Crippen LogP contribution < -0.4 is 0 Å². The molecule has 2 aliphatic carbocycles. The van der Waals surface area contributed by atoms with E-state index in [1.54, 1.807) is 0 Å². The normalized spacial score (nSPS) is 37.0. The lowest BCUT2D eigenvalue weighted by molar-refractivity contribution is -0.141. The predicted octanol–water partition coefficient (Wildman–Crippen LogP) is 2.35. The van der Waals surface area contributed by atoms with E-state index in [0.29, 0.717) is 5.92 Å². The van der Waals surface area contributed by atoms with Crippen molar-refractivity contribution in [1.29, 1.82) is 0 Å². The van der Waals surface area contributed by atoms with Gasteiger partial charge >= 0.3 is 0 Å². The van der Waals surface area contributed by atoms with Crippen molar-refractivity contribution in [3.8, 4) is 0 Å². The molecule has 0 spiro atoms. The summed E-state index contributed by atoms with van der Waals surface area (Å²) in [6.45, 7) is 3.76. The first kappa shape index (κ1) is 15.3. The van der Waals surface area contributed by atoms with Crippen LogP contribution in [-0.2, 0) is 9.53 Å². The minimum Gasteiger partial charge on any atom is -0.390 e. The minimum atomic E-state index is -0.610. The Balaban J connectivity index is 1.57. The van der Waals surface area contributed by atoms with Crippen LogP contribution in [0.3, 0.4) is 0 Å². The lowest BCUT2D eigenvalue weighted by atomic mass is 9.72. The molecule has 1 amide bonds. The first-order valence-corrected chi connectivity index (χ1v) is 8.67. The van der Waals surface area contributed by atoms with E-state index in [4.69, 9.17) is 4.74 Å². The van der Waals surface area contributed by atoms with Crippen molar-refractivity contribution in [3.63, 3.8) is 0 Å². The summed E-state index contributed by atoms with van der Waals surface area (Å²) in [7, 11) is 0. The van der Waals surface area contributed by atoms with E-state index in [2.05, 4.69) is 0 Å². The van der Waals surface area contributed by atoms with Crippen molar-refractivity contribution in [3.05, 3.63) is 0 Å². The van der Waals surface area contributed by atoms with Crippen LogP contribution in [0.2, 0.25) is 0 Å². The molecule has 4 nitrogen and oxygen atoms in total. The molecule has 2 saturated carbocycles. The van der Waals surface area contributed by atoms with Gasteiger partial charge in [0.05, 0.1) is 12.2 Å². The molecular formula is C17H29NO3. The summed E-state index contributed by atoms with van der Waals surface area (Å²) in [4.78, 5) is 14.4. The van der Waals surface area contributed by atoms with Gasteiger partial charge < -0.3 is 14.7 Å². The van der Waals surface area contributed by atoms with Crippen molar-refractivity contribution < 1.29 is 14.6 Å². The molecule has 120 valence electrons. The highest BCUT2D eigenvalue weighted by Gasteiger charge is 2.44. The van der Waals surface area contributed by atoms with Gasteiger partial charge in [0.25, 0.3) is 0 Å². The molecule has 0 aromatic carbocycles. The van der Waals surface area contributed by atoms with E-state index >= 15 is 0 Å². The first-order valence-electron chi connectivity index (χ1n) is 8.67.